The summed E-state index contributed by atoms with van der Waals surface area (Å²) >= 11 is 0. The molecule has 0 aromatic heterocycles. The fourth-order valence-corrected chi connectivity index (χ4v) is 2.96. The molecule has 5 nitrogen and oxygen atoms in total. The first-order valence-electron chi connectivity index (χ1n) is 6.75. The molecule has 1 rings (SSSR count). The number of rotatable bonds is 8. The summed E-state index contributed by atoms with van der Waals surface area (Å²) in [6.07, 6.45) is 1.05. The van der Waals surface area contributed by atoms with Crippen LogP contribution < -0.4 is 4.72 Å². The minimum absolute atomic E-state index is 0.177. The molecule has 21 heavy (non-hydrogen) atoms. The highest BCUT2D eigenvalue weighted by Gasteiger charge is 2.22. The van der Waals surface area contributed by atoms with Gasteiger partial charge in [-0.1, -0.05) is 26.0 Å². The lowest BCUT2D eigenvalue weighted by atomic mass is 9.90. The second-order valence-corrected chi connectivity index (χ2v) is 7.48. The summed E-state index contributed by atoms with van der Waals surface area (Å²) in [4.78, 5) is 0.215. The van der Waals surface area contributed by atoms with Crippen molar-refractivity contribution in [3.63, 3.8) is 0 Å². The normalized spacial score (nSPS) is 12.1. The summed E-state index contributed by atoms with van der Waals surface area (Å²) in [6, 6.07) is 8.40. The van der Waals surface area contributed by atoms with Crippen LogP contribution in [0.15, 0.2) is 29.2 Å². The van der Waals surface area contributed by atoms with Gasteiger partial charge in [0.1, 0.15) is 0 Å². The van der Waals surface area contributed by atoms with E-state index in [1.807, 2.05) is 19.9 Å². The van der Waals surface area contributed by atoms with E-state index in [9.17, 15) is 8.42 Å². The molecule has 0 bridgehead atoms. The van der Waals surface area contributed by atoms with Crippen molar-refractivity contribution in [2.75, 3.05) is 20.3 Å². The van der Waals surface area contributed by atoms with Gasteiger partial charge in [0.15, 0.2) is 0 Å². The highest BCUT2D eigenvalue weighted by Crippen LogP contribution is 2.20. The van der Waals surface area contributed by atoms with E-state index in [2.05, 4.69) is 4.72 Å². The maximum atomic E-state index is 12.2. The predicted octanol–water partition coefficient (Wildman–Crippen LogP) is 2.09. The van der Waals surface area contributed by atoms with Crippen LogP contribution in [0.5, 0.6) is 0 Å². The van der Waals surface area contributed by atoms with Gasteiger partial charge in [-0.05, 0) is 29.5 Å². The molecule has 0 aliphatic rings. The van der Waals surface area contributed by atoms with Crippen LogP contribution in [0.3, 0.4) is 0 Å². The Balaban J connectivity index is 2.71. The largest absolute Gasteiger partial charge is 0.385 e. The number of methoxy groups -OCH3 is 1. The topological polar surface area (TPSA) is 79.2 Å². The fraction of sp³-hybridized carbons (Fsp3) is 0.533. The second-order valence-electron chi connectivity index (χ2n) is 5.71. The monoisotopic (exact) mass is 310 g/mol. The highest BCUT2D eigenvalue weighted by atomic mass is 32.2. The number of nitriles is 1. The van der Waals surface area contributed by atoms with Gasteiger partial charge in [-0.3, -0.25) is 0 Å². The van der Waals surface area contributed by atoms with E-state index in [4.69, 9.17) is 10.00 Å². The van der Waals surface area contributed by atoms with Crippen LogP contribution >= 0.6 is 0 Å². The molecule has 0 aliphatic carbocycles. The van der Waals surface area contributed by atoms with Gasteiger partial charge in [-0.15, -0.1) is 0 Å². The average Bonchev–Trinajstić information content (AvgIpc) is 2.44. The lowest BCUT2D eigenvalue weighted by Gasteiger charge is -2.24. The minimum atomic E-state index is -3.52. The van der Waals surface area contributed by atoms with Crippen molar-refractivity contribution in [2.45, 2.75) is 31.6 Å². The van der Waals surface area contributed by atoms with Gasteiger partial charge in [-0.25, -0.2) is 13.1 Å². The Hall–Kier alpha value is -1.42. The number of sulfonamides is 1. The van der Waals surface area contributed by atoms with Gasteiger partial charge < -0.3 is 4.74 Å². The zero-order valence-corrected chi connectivity index (χ0v) is 13.5. The van der Waals surface area contributed by atoms with Gasteiger partial charge in [-0.2, -0.15) is 5.26 Å². The second kappa shape index (κ2) is 7.55. The van der Waals surface area contributed by atoms with E-state index in [1.54, 1.807) is 19.2 Å². The van der Waals surface area contributed by atoms with Crippen LogP contribution in [0.25, 0.3) is 0 Å². The molecule has 6 heteroatoms. The quantitative estimate of drug-likeness (QED) is 0.797. The van der Waals surface area contributed by atoms with Crippen molar-refractivity contribution < 1.29 is 13.2 Å². The molecule has 0 fully saturated rings. The van der Waals surface area contributed by atoms with Crippen LogP contribution in [-0.4, -0.2) is 28.7 Å². The van der Waals surface area contributed by atoms with Crippen molar-refractivity contribution in [3.8, 4) is 6.07 Å². The number of nitrogens with zero attached hydrogens (tertiary/aromatic N) is 1. The Labute approximate surface area is 127 Å². The molecule has 0 amide bonds. The zero-order valence-electron chi connectivity index (χ0n) is 12.7. The molecule has 0 atom stereocenters. The third-order valence-corrected chi connectivity index (χ3v) is 4.66. The Morgan fingerprint density at radius 2 is 1.90 bits per heavy atom. The van der Waals surface area contributed by atoms with Crippen LogP contribution in [-0.2, 0) is 21.2 Å². The van der Waals surface area contributed by atoms with Crippen LogP contribution in [0.2, 0.25) is 0 Å². The van der Waals surface area contributed by atoms with Crippen molar-refractivity contribution in [3.05, 3.63) is 29.8 Å². The lowest BCUT2D eigenvalue weighted by Crippen LogP contribution is -2.34. The molecular formula is C15H22N2O3S. The Kier molecular flexibility index (Phi) is 6.34. The average molecular weight is 310 g/mol. The number of nitrogens with one attached hydrogen (secondary N) is 1. The van der Waals surface area contributed by atoms with Crippen molar-refractivity contribution in [2.24, 2.45) is 5.41 Å². The van der Waals surface area contributed by atoms with Gasteiger partial charge >= 0.3 is 0 Å². The summed E-state index contributed by atoms with van der Waals surface area (Å²) < 4.78 is 32.1. The number of hydrogen-bond donors (Lipinski definition) is 1. The summed E-state index contributed by atoms with van der Waals surface area (Å²) in [6.45, 7) is 4.92. The Morgan fingerprint density at radius 3 is 2.43 bits per heavy atom. The fourth-order valence-electron chi connectivity index (χ4n) is 1.72. The van der Waals surface area contributed by atoms with Crippen molar-refractivity contribution in [1.29, 1.82) is 5.26 Å². The minimum Gasteiger partial charge on any atom is -0.385 e. The SMILES string of the molecule is COCCC(C)(C)CNS(=O)(=O)c1ccc(CC#N)cc1. The van der Waals surface area contributed by atoms with E-state index < -0.39 is 10.0 Å². The maximum Gasteiger partial charge on any atom is 0.240 e. The van der Waals surface area contributed by atoms with E-state index >= 15 is 0 Å². The first-order chi connectivity index (χ1) is 9.80. The molecule has 0 spiro atoms. The molecular weight excluding hydrogens is 288 g/mol. The molecule has 1 N–H and O–H groups in total. The molecule has 0 radical (unpaired) electrons. The first-order valence-corrected chi connectivity index (χ1v) is 8.23. The maximum absolute atomic E-state index is 12.2. The number of ether oxygens (including phenoxy) is 1. The van der Waals surface area contributed by atoms with Crippen molar-refractivity contribution >= 4 is 10.0 Å². The molecule has 116 valence electrons. The summed E-state index contributed by atoms with van der Waals surface area (Å²) in [7, 11) is -1.90. The van der Waals surface area contributed by atoms with Crippen LogP contribution in [0.1, 0.15) is 25.8 Å². The summed E-state index contributed by atoms with van der Waals surface area (Å²) in [5.74, 6) is 0. The third-order valence-electron chi connectivity index (χ3n) is 3.24. The van der Waals surface area contributed by atoms with Gasteiger partial charge in [0, 0.05) is 20.3 Å². The molecule has 0 saturated carbocycles. The predicted molar refractivity (Wildman–Crippen MR) is 81.2 cm³/mol. The van der Waals surface area contributed by atoms with E-state index in [1.165, 1.54) is 12.1 Å². The van der Waals surface area contributed by atoms with Crippen LogP contribution in [0, 0.1) is 16.7 Å². The van der Waals surface area contributed by atoms with Gasteiger partial charge in [0.05, 0.1) is 17.4 Å². The smallest absolute Gasteiger partial charge is 0.240 e. The first kappa shape index (κ1) is 17.6. The van der Waals surface area contributed by atoms with E-state index in [0.29, 0.717) is 13.2 Å². The Bertz CT molecular complexity index is 586. The summed E-state index contributed by atoms with van der Waals surface area (Å²) in [5, 5.41) is 8.60. The molecule has 0 unspecified atom stereocenters. The molecule has 1 aromatic carbocycles. The van der Waals surface area contributed by atoms with E-state index in [-0.39, 0.29) is 16.7 Å². The van der Waals surface area contributed by atoms with Gasteiger partial charge in [0.25, 0.3) is 0 Å². The standard InChI is InChI=1S/C15H22N2O3S/c1-15(2,9-11-20-3)12-17-21(18,19)14-6-4-13(5-7-14)8-10-16/h4-7,17H,8-9,11-12H2,1-3H3. The Morgan fingerprint density at radius 1 is 1.29 bits per heavy atom. The van der Waals surface area contributed by atoms with E-state index in [0.717, 1.165) is 12.0 Å². The van der Waals surface area contributed by atoms with Crippen molar-refractivity contribution in [1.82, 2.24) is 4.72 Å². The molecule has 0 aliphatic heterocycles. The molecule has 1 aromatic rings. The number of hydrogen-bond acceptors (Lipinski definition) is 4. The number of benzene rings is 1. The molecule has 0 heterocycles. The van der Waals surface area contributed by atoms with Crippen LogP contribution in [0.4, 0.5) is 0 Å². The lowest BCUT2D eigenvalue weighted by molar-refractivity contribution is 0.153. The highest BCUT2D eigenvalue weighted by molar-refractivity contribution is 7.89. The summed E-state index contributed by atoms with van der Waals surface area (Å²) in [5.41, 5.74) is 0.626. The zero-order chi connectivity index (χ0) is 15.9. The van der Waals surface area contributed by atoms with Gasteiger partial charge in [0.2, 0.25) is 10.0 Å². The third kappa shape index (κ3) is 5.84. The molecule has 0 saturated heterocycles.